The van der Waals surface area contributed by atoms with Crippen molar-refractivity contribution in [3.8, 4) is 0 Å². The molecule has 0 fully saturated rings. The van der Waals surface area contributed by atoms with Gasteiger partial charge in [-0.3, -0.25) is 0 Å². The van der Waals surface area contributed by atoms with Crippen LogP contribution in [-0.4, -0.2) is 6.97 Å². The zero-order chi connectivity index (χ0) is 2.71. The van der Waals surface area contributed by atoms with Crippen molar-refractivity contribution in [2.45, 2.75) is 0 Å². The van der Waals surface area contributed by atoms with Crippen LogP contribution in [0, 0.1) is 0 Å². The molecule has 0 saturated heterocycles. The summed E-state index contributed by atoms with van der Waals surface area (Å²) >= 11 is 4.21. The Balaban J connectivity index is -0.0000000200. The third-order valence-electron chi connectivity index (χ3n) is 0. The maximum Gasteiger partial charge on any atom is 1.00 e. The van der Waals surface area contributed by atoms with Crippen LogP contribution in [0.2, 0.25) is 0 Å². The van der Waals surface area contributed by atoms with E-state index in [1.54, 1.807) is 0 Å². The fourth-order valence-electron chi connectivity index (χ4n) is 0. The van der Waals surface area contributed by atoms with Crippen molar-refractivity contribution < 1.29 is 74.6 Å². The molecule has 0 aliphatic rings. The number of hydrogen-bond acceptors (Lipinski definition) is 0. The van der Waals surface area contributed by atoms with Gasteiger partial charge in [-0.1, -0.05) is 0 Å². The van der Waals surface area contributed by atoms with Crippen molar-refractivity contribution >= 4 is 18.4 Å². The Morgan fingerprint density at radius 1 is 2.00 bits per heavy atom. The van der Waals surface area contributed by atoms with Gasteiger partial charge in [0.1, 0.15) is 0 Å². The molecule has 0 heterocycles. The Kier molecular flexibility index (Phi) is 21.6. The van der Waals surface area contributed by atoms with Crippen LogP contribution in [0.4, 0.5) is 4.32 Å². The van der Waals surface area contributed by atoms with Crippen LogP contribution in [0.15, 0.2) is 0 Å². The molecule has 0 nitrogen and oxygen atoms in total. The van der Waals surface area contributed by atoms with Gasteiger partial charge in [0, 0.05) is 0 Å². The first-order chi connectivity index (χ1) is 1.41. The first-order valence-corrected chi connectivity index (χ1v) is 0.873. The van der Waals surface area contributed by atoms with Gasteiger partial charge in [-0.05, 0) is 0 Å². The Labute approximate surface area is 90.6 Å². The summed E-state index contributed by atoms with van der Waals surface area (Å²) in [5.74, 6) is 0. The van der Waals surface area contributed by atoms with Crippen LogP contribution < -0.4 is 68.9 Å². The second kappa shape index (κ2) is 9.01. The Hall–Kier alpha value is 2.34. The van der Waals surface area contributed by atoms with Gasteiger partial charge >= 0.3 is 75.9 Å². The topological polar surface area (TPSA) is 0 Å². The van der Waals surface area contributed by atoms with Crippen LogP contribution in [-0.2, 0) is 0 Å². The van der Waals surface area contributed by atoms with Crippen molar-refractivity contribution in [1.29, 1.82) is 0 Å². The summed E-state index contributed by atoms with van der Waals surface area (Å²) in [6.07, 6.45) is 0. The Bertz CT molecular complexity index is 11.6. The Morgan fingerprint density at radius 3 is 2.00 bits per heavy atom. The molecular formula is HBClCsF. The fraction of sp³-hybridized carbons (Fsp3) is 0. The van der Waals surface area contributed by atoms with Crippen LogP contribution >= 0.6 is 11.5 Å². The smallest absolute Gasteiger partial charge is 1.00 e. The van der Waals surface area contributed by atoms with Gasteiger partial charge in [-0.25, -0.2) is 0 Å². The van der Waals surface area contributed by atoms with Crippen molar-refractivity contribution in [2.75, 3.05) is 0 Å². The molecule has 0 saturated carbocycles. The minimum Gasteiger partial charge on any atom is -1.00 e. The van der Waals surface area contributed by atoms with Gasteiger partial charge in [-0.15, -0.1) is 0 Å². The number of hydrogen-bond donors (Lipinski definition) is 0. The van der Waals surface area contributed by atoms with Crippen LogP contribution in [0.3, 0.4) is 0 Å². The fourth-order valence-corrected chi connectivity index (χ4v) is 0. The first-order valence-electron chi connectivity index (χ1n) is 0.436. The molecule has 0 aromatic heterocycles. The molecular weight excluding hydrogens is 198 g/mol. The van der Waals surface area contributed by atoms with E-state index in [-0.39, 0.29) is 77.3 Å². The van der Waals surface area contributed by atoms with Gasteiger partial charge in [0.25, 0.3) is 0 Å². The van der Waals surface area contributed by atoms with E-state index < -0.39 is 0 Å². The summed E-state index contributed by atoms with van der Waals surface area (Å²) in [6, 6.07) is 0. The van der Waals surface area contributed by atoms with Crippen molar-refractivity contribution in [3.05, 3.63) is 0 Å². The van der Waals surface area contributed by atoms with E-state index in [1.165, 1.54) is 0 Å². The third-order valence-corrected chi connectivity index (χ3v) is 0. The molecule has 0 aromatic carbocycles. The monoisotopic (exact) mass is 199 g/mol. The molecule has 0 aromatic rings. The normalized spacial score (nSPS) is 3.50. The second-order valence-corrected chi connectivity index (χ2v) is 0.247. The number of rotatable bonds is 0. The molecule has 0 amide bonds. The maximum absolute atomic E-state index is 9.93. The minimum atomic E-state index is -0.0278. The van der Waals surface area contributed by atoms with Gasteiger partial charge < -0.3 is 5.74 Å². The average molecular weight is 199 g/mol. The van der Waals surface area contributed by atoms with Gasteiger partial charge in [0.2, 0.25) is 0 Å². The van der Waals surface area contributed by atoms with E-state index in [1.807, 2.05) is 0 Å². The Morgan fingerprint density at radius 2 is 2.00 bits per heavy atom. The van der Waals surface area contributed by atoms with E-state index in [0.717, 1.165) is 0 Å². The zero-order valence-corrected chi connectivity index (χ0v) is 9.37. The van der Waals surface area contributed by atoms with E-state index in [9.17, 15) is 4.32 Å². The maximum atomic E-state index is 9.93. The largest absolute Gasteiger partial charge is 1.00 e. The van der Waals surface area contributed by atoms with E-state index >= 15 is 0 Å². The molecule has 0 bridgehead atoms. The molecule has 0 N–H and O–H groups in total. The van der Waals surface area contributed by atoms with Crippen molar-refractivity contribution in [3.63, 3.8) is 0 Å². The summed E-state index contributed by atoms with van der Waals surface area (Å²) in [7, 11) is 0. The standard InChI is InChI=1S/BClF.Cs.H/c2-1-3;;/q;+1;-1. The molecule has 19 valence electrons. The van der Waals surface area contributed by atoms with E-state index in [0.29, 0.717) is 0 Å². The summed E-state index contributed by atoms with van der Waals surface area (Å²) < 4.78 is 9.93. The quantitative estimate of drug-likeness (QED) is 0.390. The van der Waals surface area contributed by atoms with Crippen molar-refractivity contribution in [1.82, 2.24) is 0 Å². The molecule has 4 heteroatoms. The van der Waals surface area contributed by atoms with Gasteiger partial charge in [0.15, 0.2) is 0 Å². The molecule has 0 unspecified atom stereocenters. The van der Waals surface area contributed by atoms with Crippen LogP contribution in [0.1, 0.15) is 1.43 Å². The average Bonchev–Trinajstić information content (AvgIpc) is 0.918. The van der Waals surface area contributed by atoms with Crippen LogP contribution in [0.5, 0.6) is 0 Å². The van der Waals surface area contributed by atoms with Crippen molar-refractivity contribution in [2.24, 2.45) is 0 Å². The van der Waals surface area contributed by atoms with E-state index in [4.69, 9.17) is 0 Å². The zero-order valence-electron chi connectivity index (χ0n) is 3.33. The minimum absolute atomic E-state index is 0. The molecule has 4 heavy (non-hydrogen) atoms. The molecule has 1 radical (unpaired) electrons. The molecule has 0 spiro atoms. The first kappa shape index (κ1) is 9.60. The molecule has 0 aliphatic heterocycles. The predicted molar refractivity (Wildman–Crippen MR) is 13.8 cm³/mol. The van der Waals surface area contributed by atoms with Gasteiger partial charge in [-0.2, -0.15) is 11.5 Å². The summed E-state index contributed by atoms with van der Waals surface area (Å²) in [4.78, 5) is 0. The third kappa shape index (κ3) is 8.84. The van der Waals surface area contributed by atoms with Crippen LogP contribution in [0.25, 0.3) is 0 Å². The molecule has 0 atom stereocenters. The summed E-state index contributed by atoms with van der Waals surface area (Å²) in [5.41, 5.74) is 0. The van der Waals surface area contributed by atoms with E-state index in [2.05, 4.69) is 11.5 Å². The molecule has 0 aliphatic carbocycles. The number of halogens is 2. The predicted octanol–water partition coefficient (Wildman–Crippen LogP) is -2.15. The second-order valence-electron chi connectivity index (χ2n) is 0.0825. The molecule has 0 rings (SSSR count). The SMILES string of the molecule is F[B]Cl.[Cs+].[H-]. The summed E-state index contributed by atoms with van der Waals surface area (Å²) in [5, 5.41) is 0. The van der Waals surface area contributed by atoms with Gasteiger partial charge in [0.05, 0.1) is 0 Å². The summed E-state index contributed by atoms with van der Waals surface area (Å²) in [6.45, 7) is -0.0278.